The first-order valence-electron chi connectivity index (χ1n) is 16.9. The first kappa shape index (κ1) is 38.9. The van der Waals surface area contributed by atoms with Crippen molar-refractivity contribution >= 4 is 11.7 Å². The Hall–Kier alpha value is -2.90. The Labute approximate surface area is 286 Å². The number of aliphatic hydroxyl groups is 2. The highest BCUT2D eigenvalue weighted by atomic mass is 16.7. The highest BCUT2D eigenvalue weighted by Crippen LogP contribution is 2.39. The number of aromatic nitrogens is 3. The van der Waals surface area contributed by atoms with Crippen LogP contribution in [0.1, 0.15) is 35.8 Å². The van der Waals surface area contributed by atoms with Gasteiger partial charge in [0.1, 0.15) is 17.4 Å². The van der Waals surface area contributed by atoms with Gasteiger partial charge in [-0.3, -0.25) is 9.59 Å². The molecule has 4 N–H and O–H groups in total. The third-order valence-corrected chi connectivity index (χ3v) is 8.14. The smallest absolute Gasteiger partial charge is 0.220 e. The van der Waals surface area contributed by atoms with E-state index < -0.39 is 24.1 Å². The molecule has 0 aliphatic carbocycles. The van der Waals surface area contributed by atoms with Crippen LogP contribution in [0.2, 0.25) is 0 Å². The summed E-state index contributed by atoms with van der Waals surface area (Å²) in [6.45, 7) is 7.29. The molecule has 2 fully saturated rings. The highest BCUT2D eigenvalue weighted by Gasteiger charge is 2.57. The summed E-state index contributed by atoms with van der Waals surface area (Å²) in [4.78, 5) is 24.0. The molecule has 2 aromatic rings. The largest absolute Gasteiger partial charge is 0.390 e. The Kier molecular flexibility index (Phi) is 16.9. The first-order chi connectivity index (χ1) is 23.9. The average Bonchev–Trinajstić information content (AvgIpc) is 3.75. The van der Waals surface area contributed by atoms with Crippen molar-refractivity contribution in [2.45, 2.75) is 57.0 Å². The van der Waals surface area contributed by atoms with Crippen molar-refractivity contribution in [1.29, 1.82) is 0 Å². The molecule has 5 atom stereocenters. The van der Waals surface area contributed by atoms with E-state index in [1.165, 1.54) is 0 Å². The third kappa shape index (κ3) is 13.1. The minimum atomic E-state index is -1.07. The fourth-order valence-corrected chi connectivity index (χ4v) is 5.26. The molecule has 274 valence electrons. The average molecular weight is 694 g/mol. The van der Waals surface area contributed by atoms with E-state index in [2.05, 4.69) is 20.9 Å². The van der Waals surface area contributed by atoms with Gasteiger partial charge in [-0.05, 0) is 13.0 Å². The van der Waals surface area contributed by atoms with Gasteiger partial charge >= 0.3 is 0 Å². The third-order valence-electron chi connectivity index (χ3n) is 8.14. The van der Waals surface area contributed by atoms with Gasteiger partial charge in [0, 0.05) is 24.4 Å². The lowest BCUT2D eigenvalue weighted by Gasteiger charge is -2.41. The predicted octanol–water partition coefficient (Wildman–Crippen LogP) is -0.287. The van der Waals surface area contributed by atoms with Crippen molar-refractivity contribution in [3.63, 3.8) is 0 Å². The maximum atomic E-state index is 12.0. The van der Waals surface area contributed by atoms with E-state index in [0.29, 0.717) is 96.6 Å². The number of hydrogen-bond donors (Lipinski definition) is 4. The zero-order valence-electron chi connectivity index (χ0n) is 28.2. The van der Waals surface area contributed by atoms with Crippen LogP contribution >= 0.6 is 0 Å². The minimum absolute atomic E-state index is 0.0296. The maximum Gasteiger partial charge on any atom is 0.220 e. The van der Waals surface area contributed by atoms with E-state index in [1.807, 2.05) is 18.2 Å². The second-order valence-corrected chi connectivity index (χ2v) is 12.0. The summed E-state index contributed by atoms with van der Waals surface area (Å²) < 4.78 is 40.9. The summed E-state index contributed by atoms with van der Waals surface area (Å²) in [6, 6.07) is 9.11. The summed E-state index contributed by atoms with van der Waals surface area (Å²) in [7, 11) is 0. The lowest BCUT2D eigenvalue weighted by atomic mass is 9.86. The maximum absolute atomic E-state index is 12.0. The van der Waals surface area contributed by atoms with Gasteiger partial charge in [0.25, 0.3) is 0 Å². The SMILES string of the molecule is C[C@H]1[C@H]2OC[C@](COCCOCCOCCOCCn3cc(COCCNC(=O)CCCNCC(=O)c4ccccc4)nn3)(O2)[C@H](O)[C@@H]1O. The van der Waals surface area contributed by atoms with Gasteiger partial charge in [-0.15, -0.1) is 5.10 Å². The van der Waals surface area contributed by atoms with E-state index in [-0.39, 0.29) is 44.0 Å². The van der Waals surface area contributed by atoms with Crippen LogP contribution in [-0.2, 0) is 51.1 Å². The molecule has 0 saturated carbocycles. The fraction of sp³-hybridized carbons (Fsp3) is 0.697. The molecule has 1 aromatic heterocycles. The number of ketones is 1. The Balaban J connectivity index is 0.887. The second-order valence-electron chi connectivity index (χ2n) is 12.0. The van der Waals surface area contributed by atoms with E-state index >= 15 is 0 Å². The standard InChI is InChI=1S/C33H51N5O11/c1-25-30(41)31(42)33(24-48-32(25)49-33)23-47-19-18-45-17-16-44-15-14-43-13-11-38-21-27(36-37-38)22-46-12-10-35-29(40)8-5-9-34-20-28(39)26-6-3-2-4-7-26/h2-4,6-7,21,25,30-32,34,41-42H,5,8-20,22-24H2,1H3,(H,35,40)/t25-,30-,31-,32+,33+/m1/s1. The molecule has 3 heterocycles. The second kappa shape index (κ2) is 21.3. The van der Waals surface area contributed by atoms with Crippen LogP contribution < -0.4 is 10.6 Å². The highest BCUT2D eigenvalue weighted by molar-refractivity contribution is 5.97. The zero-order valence-corrected chi connectivity index (χ0v) is 28.2. The van der Waals surface area contributed by atoms with Crippen molar-refractivity contribution < 1.29 is 53.0 Å². The number of carbonyl (C=O) groups is 2. The molecule has 16 heteroatoms. The summed E-state index contributed by atoms with van der Waals surface area (Å²) in [5.41, 5.74) is 0.318. The van der Waals surface area contributed by atoms with Crippen molar-refractivity contribution in [3.05, 3.63) is 47.8 Å². The van der Waals surface area contributed by atoms with Gasteiger partial charge in [0.2, 0.25) is 5.91 Å². The van der Waals surface area contributed by atoms with Crippen LogP contribution in [0.15, 0.2) is 36.5 Å². The number of hydrogen-bond acceptors (Lipinski definition) is 14. The zero-order chi connectivity index (χ0) is 34.7. The molecule has 16 nitrogen and oxygen atoms in total. The normalized spacial score (nSPS) is 23.2. The Morgan fingerprint density at radius 3 is 2.43 bits per heavy atom. The molecule has 0 spiro atoms. The molecule has 1 aromatic carbocycles. The summed E-state index contributed by atoms with van der Waals surface area (Å²) >= 11 is 0. The van der Waals surface area contributed by atoms with Crippen molar-refractivity contribution in [1.82, 2.24) is 25.6 Å². The van der Waals surface area contributed by atoms with Crippen molar-refractivity contribution in [3.8, 4) is 0 Å². The molecule has 2 bridgehead atoms. The first-order valence-corrected chi connectivity index (χ1v) is 16.9. The fourth-order valence-electron chi connectivity index (χ4n) is 5.26. The Morgan fingerprint density at radius 2 is 1.67 bits per heavy atom. The summed E-state index contributed by atoms with van der Waals surface area (Å²) in [5.74, 6) is -0.331. The van der Waals surface area contributed by atoms with Gasteiger partial charge in [0.05, 0.1) is 98.1 Å². The van der Waals surface area contributed by atoms with Gasteiger partial charge in [0.15, 0.2) is 12.1 Å². The molecule has 49 heavy (non-hydrogen) atoms. The quantitative estimate of drug-likeness (QED) is 0.0742. The lowest BCUT2D eigenvalue weighted by Crippen LogP contribution is -2.60. The number of nitrogens with zero attached hydrogens (tertiary/aromatic N) is 3. The van der Waals surface area contributed by atoms with Gasteiger partial charge in [-0.2, -0.15) is 0 Å². The lowest BCUT2D eigenvalue weighted by molar-refractivity contribution is -0.248. The number of Topliss-reactive ketones (excluding diaryl/α,β-unsaturated/α-hetero) is 1. The number of rotatable bonds is 26. The number of fused-ring (bicyclic) bond motifs is 2. The number of carbonyl (C=O) groups excluding carboxylic acids is 2. The van der Waals surface area contributed by atoms with Crippen LogP contribution in [0.4, 0.5) is 0 Å². The molecule has 2 aliphatic rings. The number of ether oxygens (including phenoxy) is 7. The summed E-state index contributed by atoms with van der Waals surface area (Å²) in [5, 5.41) is 34.7. The monoisotopic (exact) mass is 693 g/mol. The van der Waals surface area contributed by atoms with Crippen molar-refractivity contribution in [2.24, 2.45) is 5.92 Å². The van der Waals surface area contributed by atoms with E-state index in [4.69, 9.17) is 33.2 Å². The van der Waals surface area contributed by atoms with Gasteiger partial charge < -0.3 is 54.0 Å². The van der Waals surface area contributed by atoms with Crippen LogP contribution in [0.25, 0.3) is 0 Å². The Bertz CT molecular complexity index is 1240. The summed E-state index contributed by atoms with van der Waals surface area (Å²) in [6.07, 6.45) is 0.284. The molecule has 2 saturated heterocycles. The molecule has 2 aliphatic heterocycles. The molecular formula is C33H51N5O11. The number of nitrogens with one attached hydrogen (secondary N) is 2. The molecule has 4 rings (SSSR count). The molecular weight excluding hydrogens is 642 g/mol. The van der Waals surface area contributed by atoms with E-state index in [9.17, 15) is 19.8 Å². The van der Waals surface area contributed by atoms with Crippen LogP contribution in [0.5, 0.6) is 0 Å². The predicted molar refractivity (Wildman–Crippen MR) is 174 cm³/mol. The van der Waals surface area contributed by atoms with Crippen LogP contribution in [0, 0.1) is 5.92 Å². The van der Waals surface area contributed by atoms with Gasteiger partial charge in [-0.1, -0.05) is 42.5 Å². The molecule has 0 unspecified atom stereocenters. The van der Waals surface area contributed by atoms with Crippen LogP contribution in [0.3, 0.4) is 0 Å². The Morgan fingerprint density at radius 1 is 0.959 bits per heavy atom. The number of aliphatic hydroxyl groups excluding tert-OH is 2. The van der Waals surface area contributed by atoms with Crippen LogP contribution in [-0.4, -0.2) is 147 Å². The topological polar surface area (TPSA) is 194 Å². The number of amides is 1. The molecule has 0 radical (unpaired) electrons. The number of benzene rings is 1. The van der Waals surface area contributed by atoms with E-state index in [0.717, 1.165) is 0 Å². The van der Waals surface area contributed by atoms with Gasteiger partial charge in [-0.25, -0.2) is 4.68 Å². The molecule has 1 amide bonds. The minimum Gasteiger partial charge on any atom is -0.390 e. The van der Waals surface area contributed by atoms with E-state index in [1.54, 1.807) is 29.9 Å². The van der Waals surface area contributed by atoms with Crippen molar-refractivity contribution in [2.75, 3.05) is 85.7 Å².